The first-order valence-electron chi connectivity index (χ1n) is 11.0. The number of aromatic nitrogens is 1. The minimum atomic E-state index is -0.494. The van der Waals surface area contributed by atoms with E-state index in [1.807, 2.05) is 44.2 Å². The van der Waals surface area contributed by atoms with Crippen molar-refractivity contribution in [3.63, 3.8) is 0 Å². The van der Waals surface area contributed by atoms with Crippen LogP contribution in [0.4, 0.5) is 10.5 Å². The van der Waals surface area contributed by atoms with Crippen molar-refractivity contribution in [3.05, 3.63) is 59.3 Å². The Labute approximate surface area is 188 Å². The highest BCUT2D eigenvalue weighted by molar-refractivity contribution is 6.02. The number of imide groups is 1. The van der Waals surface area contributed by atoms with Crippen molar-refractivity contribution in [2.45, 2.75) is 32.6 Å². The van der Waals surface area contributed by atoms with Gasteiger partial charge in [-0.3, -0.25) is 15.0 Å². The molecule has 0 atom stereocenters. The predicted octanol–water partition coefficient (Wildman–Crippen LogP) is 4.32. The molecule has 0 saturated carbocycles. The van der Waals surface area contributed by atoms with Crippen LogP contribution in [0.1, 0.15) is 35.4 Å². The lowest BCUT2D eigenvalue weighted by Crippen LogP contribution is -2.44. The first kappa shape index (κ1) is 21.9. The predicted molar refractivity (Wildman–Crippen MR) is 126 cm³/mol. The van der Waals surface area contributed by atoms with E-state index in [2.05, 4.69) is 32.8 Å². The number of ether oxygens (including phenoxy) is 1. The van der Waals surface area contributed by atoms with E-state index in [1.54, 1.807) is 7.11 Å². The number of methoxy groups -OCH3 is 1. The molecule has 4 rings (SSSR count). The smallest absolute Gasteiger partial charge is 0.325 e. The van der Waals surface area contributed by atoms with Crippen LogP contribution in [0.25, 0.3) is 10.9 Å². The van der Waals surface area contributed by atoms with Crippen LogP contribution in [-0.4, -0.2) is 48.6 Å². The summed E-state index contributed by atoms with van der Waals surface area (Å²) in [6, 6.07) is 11.3. The second-order valence-electron chi connectivity index (χ2n) is 8.46. The molecule has 0 aliphatic carbocycles. The Morgan fingerprint density at radius 1 is 1.16 bits per heavy atom. The van der Waals surface area contributed by atoms with Crippen LogP contribution in [0.5, 0.6) is 5.75 Å². The van der Waals surface area contributed by atoms with Gasteiger partial charge in [-0.25, -0.2) is 4.79 Å². The fourth-order valence-electron chi connectivity index (χ4n) is 4.40. The van der Waals surface area contributed by atoms with Crippen molar-refractivity contribution < 1.29 is 14.3 Å². The van der Waals surface area contributed by atoms with Gasteiger partial charge in [0.2, 0.25) is 5.91 Å². The van der Waals surface area contributed by atoms with Crippen LogP contribution < -0.4 is 15.4 Å². The maximum Gasteiger partial charge on any atom is 0.325 e. The van der Waals surface area contributed by atoms with E-state index in [1.165, 1.54) is 10.9 Å². The molecule has 0 bridgehead atoms. The number of benzene rings is 2. The van der Waals surface area contributed by atoms with Gasteiger partial charge < -0.3 is 15.0 Å². The van der Waals surface area contributed by atoms with Crippen LogP contribution >= 0.6 is 0 Å². The highest BCUT2D eigenvalue weighted by Gasteiger charge is 2.24. The summed E-state index contributed by atoms with van der Waals surface area (Å²) in [6.07, 6.45) is 4.02. The lowest BCUT2D eigenvalue weighted by molar-refractivity contribution is -0.121. The van der Waals surface area contributed by atoms with Gasteiger partial charge in [-0.15, -0.1) is 0 Å². The third kappa shape index (κ3) is 4.78. The number of aromatic amines is 1. The number of carbonyl (C=O) groups is 2. The van der Waals surface area contributed by atoms with Crippen LogP contribution in [0.15, 0.2) is 42.6 Å². The minimum Gasteiger partial charge on any atom is -0.497 e. The summed E-state index contributed by atoms with van der Waals surface area (Å²) >= 11 is 0. The third-order valence-electron chi connectivity index (χ3n) is 6.42. The Hall–Kier alpha value is -3.32. The maximum absolute atomic E-state index is 12.4. The Morgan fingerprint density at radius 3 is 2.69 bits per heavy atom. The number of likely N-dealkylation sites (tertiary alicyclic amines) is 1. The molecule has 1 aliphatic heterocycles. The number of rotatable bonds is 5. The summed E-state index contributed by atoms with van der Waals surface area (Å²) in [6.45, 7) is 5.77. The molecule has 3 aromatic rings. The number of nitrogens with one attached hydrogen (secondary N) is 3. The number of fused-ring (bicyclic) bond motifs is 1. The molecule has 0 radical (unpaired) electrons. The highest BCUT2D eigenvalue weighted by Crippen LogP contribution is 2.34. The summed E-state index contributed by atoms with van der Waals surface area (Å²) in [5.41, 5.74) is 5.21. The molecule has 32 heavy (non-hydrogen) atoms. The molecule has 1 fully saturated rings. The lowest BCUT2D eigenvalue weighted by Gasteiger charge is -2.31. The van der Waals surface area contributed by atoms with Crippen molar-refractivity contribution in [3.8, 4) is 5.75 Å². The minimum absolute atomic E-state index is 0.217. The molecular formula is C25H30N4O3. The monoisotopic (exact) mass is 434 g/mol. The lowest BCUT2D eigenvalue weighted by atomic mass is 9.89. The van der Waals surface area contributed by atoms with Crippen LogP contribution in [0, 0.1) is 13.8 Å². The van der Waals surface area contributed by atoms with E-state index in [9.17, 15) is 9.59 Å². The average Bonchev–Trinajstić information content (AvgIpc) is 3.20. The van der Waals surface area contributed by atoms with Crippen molar-refractivity contribution in [2.75, 3.05) is 32.1 Å². The standard InChI is InChI=1S/C25H30N4O3/c1-16-5-4-6-22(17(16)2)27-25(31)28-24(30)15-29-11-9-18(10-12-29)21-14-26-23-8-7-19(32-3)13-20(21)23/h4-8,13-14,18,26H,9-12,15H2,1-3H3,(H2,27,28,30,31). The molecule has 7 nitrogen and oxygen atoms in total. The molecule has 2 aromatic carbocycles. The summed E-state index contributed by atoms with van der Waals surface area (Å²) in [5.74, 6) is 0.998. The van der Waals surface area contributed by atoms with Crippen LogP contribution in [0.3, 0.4) is 0 Å². The topological polar surface area (TPSA) is 86.5 Å². The van der Waals surface area contributed by atoms with Gasteiger partial charge in [0, 0.05) is 22.8 Å². The number of carbonyl (C=O) groups excluding carboxylic acids is 2. The average molecular weight is 435 g/mol. The number of amides is 3. The van der Waals surface area contributed by atoms with E-state index in [4.69, 9.17) is 4.74 Å². The summed E-state index contributed by atoms with van der Waals surface area (Å²) in [7, 11) is 1.68. The van der Waals surface area contributed by atoms with E-state index in [0.717, 1.165) is 48.3 Å². The van der Waals surface area contributed by atoms with Crippen molar-refractivity contribution in [2.24, 2.45) is 0 Å². The quantitative estimate of drug-likeness (QED) is 0.558. The molecule has 2 heterocycles. The Kier molecular flexibility index (Phi) is 6.46. The number of hydrogen-bond donors (Lipinski definition) is 3. The van der Waals surface area contributed by atoms with E-state index >= 15 is 0 Å². The van der Waals surface area contributed by atoms with Crippen molar-refractivity contribution >= 4 is 28.5 Å². The molecule has 1 aromatic heterocycles. The third-order valence-corrected chi connectivity index (χ3v) is 6.42. The van der Waals surface area contributed by atoms with Gasteiger partial charge >= 0.3 is 6.03 Å². The van der Waals surface area contributed by atoms with E-state index in [-0.39, 0.29) is 12.5 Å². The fraction of sp³-hybridized carbons (Fsp3) is 0.360. The number of H-pyrrole nitrogens is 1. The highest BCUT2D eigenvalue weighted by atomic mass is 16.5. The molecule has 3 N–H and O–H groups in total. The molecule has 3 amide bonds. The molecule has 0 spiro atoms. The van der Waals surface area contributed by atoms with Crippen molar-refractivity contribution in [1.29, 1.82) is 0 Å². The molecule has 1 aliphatic rings. The number of urea groups is 1. The van der Waals surface area contributed by atoms with Gasteiger partial charge in [0.05, 0.1) is 13.7 Å². The van der Waals surface area contributed by atoms with Gasteiger partial charge in [0.25, 0.3) is 0 Å². The first-order valence-corrected chi connectivity index (χ1v) is 11.0. The van der Waals surface area contributed by atoms with Crippen molar-refractivity contribution in [1.82, 2.24) is 15.2 Å². The fourth-order valence-corrected chi connectivity index (χ4v) is 4.40. The summed E-state index contributed by atoms with van der Waals surface area (Å²) < 4.78 is 5.38. The Bertz CT molecular complexity index is 1130. The molecule has 0 unspecified atom stereocenters. The number of anilines is 1. The SMILES string of the molecule is COc1ccc2[nH]cc(C3CCN(CC(=O)NC(=O)Nc4cccc(C)c4C)CC3)c2c1. The van der Waals surface area contributed by atoms with Crippen LogP contribution in [0.2, 0.25) is 0 Å². The van der Waals surface area contributed by atoms with Gasteiger partial charge in [-0.1, -0.05) is 12.1 Å². The molecular weight excluding hydrogens is 404 g/mol. The zero-order valence-electron chi connectivity index (χ0n) is 18.8. The normalized spacial score (nSPS) is 15.0. The largest absolute Gasteiger partial charge is 0.497 e. The maximum atomic E-state index is 12.4. The molecule has 7 heteroatoms. The van der Waals surface area contributed by atoms with Crippen LogP contribution in [-0.2, 0) is 4.79 Å². The zero-order chi connectivity index (χ0) is 22.7. The number of aryl methyl sites for hydroxylation is 1. The second-order valence-corrected chi connectivity index (χ2v) is 8.46. The molecule has 1 saturated heterocycles. The Morgan fingerprint density at radius 2 is 1.94 bits per heavy atom. The van der Waals surface area contributed by atoms with E-state index < -0.39 is 6.03 Å². The van der Waals surface area contributed by atoms with Gasteiger partial charge in [0.15, 0.2) is 0 Å². The number of piperidine rings is 1. The van der Waals surface area contributed by atoms with Gasteiger partial charge in [0.1, 0.15) is 5.75 Å². The molecule has 168 valence electrons. The Balaban J connectivity index is 1.29. The number of hydrogen-bond acceptors (Lipinski definition) is 4. The zero-order valence-corrected chi connectivity index (χ0v) is 18.8. The van der Waals surface area contributed by atoms with Gasteiger partial charge in [-0.05, 0) is 86.7 Å². The number of nitrogens with zero attached hydrogens (tertiary/aromatic N) is 1. The summed E-state index contributed by atoms with van der Waals surface area (Å²) in [4.78, 5) is 30.1. The first-order chi connectivity index (χ1) is 15.4. The van der Waals surface area contributed by atoms with E-state index in [0.29, 0.717) is 11.6 Å². The second kappa shape index (κ2) is 9.44. The van der Waals surface area contributed by atoms with Gasteiger partial charge in [-0.2, -0.15) is 0 Å². The summed E-state index contributed by atoms with van der Waals surface area (Å²) in [5, 5.41) is 6.41.